The Kier molecular flexibility index (Phi) is 5.06. The van der Waals surface area contributed by atoms with Crippen LogP contribution >= 0.6 is 0 Å². The Morgan fingerprint density at radius 2 is 1.71 bits per heavy atom. The molecule has 0 bridgehead atoms. The van der Waals surface area contributed by atoms with Crippen LogP contribution in [0.4, 0.5) is 5.82 Å². The zero-order chi connectivity index (χ0) is 16.8. The third-order valence-corrected chi connectivity index (χ3v) is 3.83. The van der Waals surface area contributed by atoms with Gasteiger partial charge in [0.05, 0.1) is 5.69 Å². The van der Waals surface area contributed by atoms with Gasteiger partial charge in [-0.05, 0) is 24.1 Å². The molecule has 0 radical (unpaired) electrons. The second-order valence-electron chi connectivity index (χ2n) is 5.69. The highest BCUT2D eigenvalue weighted by atomic mass is 16.1. The molecule has 0 spiro atoms. The maximum absolute atomic E-state index is 12.1. The first-order valence-corrected chi connectivity index (χ1v) is 8.28. The zero-order valence-corrected chi connectivity index (χ0v) is 13.8. The third-order valence-electron chi connectivity index (χ3n) is 3.83. The Morgan fingerprint density at radius 3 is 2.38 bits per heavy atom. The molecular formula is C20H21N3O. The van der Waals surface area contributed by atoms with Crippen LogP contribution in [-0.4, -0.2) is 15.7 Å². The number of aromatic nitrogens is 2. The number of para-hydroxylation sites is 1. The van der Waals surface area contributed by atoms with Crippen LogP contribution < -0.4 is 5.32 Å². The number of rotatable bonds is 6. The number of amides is 1. The van der Waals surface area contributed by atoms with Crippen molar-refractivity contribution in [2.75, 3.05) is 5.32 Å². The van der Waals surface area contributed by atoms with E-state index in [0.717, 1.165) is 29.7 Å². The largest absolute Gasteiger partial charge is 0.309 e. The second kappa shape index (κ2) is 7.59. The van der Waals surface area contributed by atoms with E-state index >= 15 is 0 Å². The molecule has 3 rings (SSSR count). The van der Waals surface area contributed by atoms with E-state index in [1.165, 1.54) is 0 Å². The molecule has 24 heavy (non-hydrogen) atoms. The Balaban J connectivity index is 1.96. The molecule has 1 N–H and O–H groups in total. The Hall–Kier alpha value is -2.88. The number of unbranched alkanes of at least 4 members (excludes halogenated alkanes) is 1. The third kappa shape index (κ3) is 3.71. The van der Waals surface area contributed by atoms with Crippen molar-refractivity contribution >= 4 is 11.7 Å². The van der Waals surface area contributed by atoms with Gasteiger partial charge in [0.1, 0.15) is 0 Å². The summed E-state index contributed by atoms with van der Waals surface area (Å²) < 4.78 is 1.80. The minimum atomic E-state index is 0.00680. The molecule has 0 unspecified atom stereocenters. The first kappa shape index (κ1) is 16.0. The van der Waals surface area contributed by atoms with E-state index in [0.29, 0.717) is 12.2 Å². The molecular weight excluding hydrogens is 298 g/mol. The van der Waals surface area contributed by atoms with Crippen molar-refractivity contribution in [1.82, 2.24) is 9.78 Å². The maximum atomic E-state index is 12.1. The van der Waals surface area contributed by atoms with E-state index in [1.54, 1.807) is 4.68 Å². The molecule has 0 aliphatic carbocycles. The molecule has 0 aliphatic rings. The summed E-state index contributed by atoms with van der Waals surface area (Å²) in [7, 11) is 0. The van der Waals surface area contributed by atoms with Crippen LogP contribution in [0.1, 0.15) is 26.2 Å². The normalized spacial score (nSPS) is 10.5. The second-order valence-corrected chi connectivity index (χ2v) is 5.69. The number of benzene rings is 2. The topological polar surface area (TPSA) is 46.9 Å². The molecule has 0 saturated carbocycles. The van der Waals surface area contributed by atoms with Gasteiger partial charge in [0, 0.05) is 18.2 Å². The molecule has 0 saturated heterocycles. The standard InChI is InChI=1S/C20H21N3O/c1-2-3-14-19(24)21-20-18(16-10-6-4-7-11-16)15-23(22-20)17-12-8-5-9-13-17/h4-13,15H,2-3,14H2,1H3,(H,21,22,24). The average Bonchev–Trinajstić information content (AvgIpc) is 3.05. The number of anilines is 1. The minimum absolute atomic E-state index is 0.00680. The van der Waals surface area contributed by atoms with Gasteiger partial charge in [0.2, 0.25) is 5.91 Å². The smallest absolute Gasteiger partial charge is 0.225 e. The molecule has 2 aromatic carbocycles. The molecule has 0 fully saturated rings. The highest BCUT2D eigenvalue weighted by Crippen LogP contribution is 2.28. The molecule has 1 aromatic heterocycles. The Morgan fingerprint density at radius 1 is 1.04 bits per heavy atom. The van der Waals surface area contributed by atoms with Crippen molar-refractivity contribution in [3.05, 3.63) is 66.9 Å². The molecule has 3 aromatic rings. The van der Waals surface area contributed by atoms with Gasteiger partial charge in [-0.15, -0.1) is 5.10 Å². The molecule has 4 heteroatoms. The molecule has 122 valence electrons. The predicted octanol–water partition coefficient (Wildman–Crippen LogP) is 4.67. The monoisotopic (exact) mass is 319 g/mol. The highest BCUT2D eigenvalue weighted by molar-refractivity contribution is 5.94. The highest BCUT2D eigenvalue weighted by Gasteiger charge is 2.14. The van der Waals surface area contributed by atoms with Crippen LogP contribution in [0, 0.1) is 0 Å². The first-order chi connectivity index (χ1) is 11.8. The van der Waals surface area contributed by atoms with Crippen molar-refractivity contribution in [3.63, 3.8) is 0 Å². The van der Waals surface area contributed by atoms with Gasteiger partial charge in [-0.25, -0.2) is 4.68 Å². The maximum Gasteiger partial charge on any atom is 0.225 e. The van der Waals surface area contributed by atoms with Gasteiger partial charge in [-0.2, -0.15) is 0 Å². The van der Waals surface area contributed by atoms with E-state index in [9.17, 15) is 4.79 Å². The summed E-state index contributed by atoms with van der Waals surface area (Å²) in [5.74, 6) is 0.610. The van der Waals surface area contributed by atoms with Crippen molar-refractivity contribution < 1.29 is 4.79 Å². The SMILES string of the molecule is CCCCC(=O)Nc1nn(-c2ccccc2)cc1-c1ccccc1. The van der Waals surface area contributed by atoms with Gasteiger partial charge in [-0.1, -0.05) is 61.9 Å². The lowest BCUT2D eigenvalue weighted by atomic mass is 10.1. The Labute approximate surface area is 142 Å². The summed E-state index contributed by atoms with van der Waals surface area (Å²) in [6.07, 6.45) is 4.35. The zero-order valence-electron chi connectivity index (χ0n) is 13.8. The van der Waals surface area contributed by atoms with Crippen LogP contribution in [0.2, 0.25) is 0 Å². The number of hydrogen-bond acceptors (Lipinski definition) is 2. The number of nitrogens with one attached hydrogen (secondary N) is 1. The fourth-order valence-corrected chi connectivity index (χ4v) is 2.54. The minimum Gasteiger partial charge on any atom is -0.309 e. The van der Waals surface area contributed by atoms with Gasteiger partial charge >= 0.3 is 0 Å². The lowest BCUT2D eigenvalue weighted by Gasteiger charge is -2.04. The van der Waals surface area contributed by atoms with Crippen molar-refractivity contribution in [2.45, 2.75) is 26.2 Å². The van der Waals surface area contributed by atoms with Crippen LogP contribution in [0.3, 0.4) is 0 Å². The number of carbonyl (C=O) groups excluding carboxylic acids is 1. The van der Waals surface area contributed by atoms with Crippen LogP contribution in [0.25, 0.3) is 16.8 Å². The fourth-order valence-electron chi connectivity index (χ4n) is 2.54. The average molecular weight is 319 g/mol. The Bertz CT molecular complexity index is 794. The fraction of sp³-hybridized carbons (Fsp3) is 0.200. The van der Waals surface area contributed by atoms with E-state index in [4.69, 9.17) is 0 Å². The van der Waals surface area contributed by atoms with E-state index < -0.39 is 0 Å². The molecule has 1 heterocycles. The van der Waals surface area contributed by atoms with Crippen LogP contribution in [-0.2, 0) is 4.79 Å². The van der Waals surface area contributed by atoms with Crippen molar-refractivity contribution in [1.29, 1.82) is 0 Å². The lowest BCUT2D eigenvalue weighted by molar-refractivity contribution is -0.116. The van der Waals surface area contributed by atoms with Gasteiger partial charge in [0.15, 0.2) is 5.82 Å². The number of nitrogens with zero attached hydrogens (tertiary/aromatic N) is 2. The predicted molar refractivity (Wildman–Crippen MR) is 97.2 cm³/mol. The summed E-state index contributed by atoms with van der Waals surface area (Å²) in [5.41, 5.74) is 2.92. The summed E-state index contributed by atoms with van der Waals surface area (Å²) in [6.45, 7) is 2.08. The lowest BCUT2D eigenvalue weighted by Crippen LogP contribution is -2.12. The molecule has 0 atom stereocenters. The molecule has 0 aliphatic heterocycles. The molecule has 4 nitrogen and oxygen atoms in total. The van der Waals surface area contributed by atoms with E-state index in [-0.39, 0.29) is 5.91 Å². The quantitative estimate of drug-likeness (QED) is 0.718. The first-order valence-electron chi connectivity index (χ1n) is 8.28. The van der Waals surface area contributed by atoms with E-state index in [1.807, 2.05) is 66.9 Å². The van der Waals surface area contributed by atoms with Crippen molar-refractivity contribution in [3.8, 4) is 16.8 Å². The summed E-state index contributed by atoms with van der Waals surface area (Å²) >= 11 is 0. The van der Waals surface area contributed by atoms with Gasteiger partial charge in [0.25, 0.3) is 0 Å². The van der Waals surface area contributed by atoms with Crippen LogP contribution in [0.5, 0.6) is 0 Å². The summed E-state index contributed by atoms with van der Waals surface area (Å²) in [6, 6.07) is 19.9. The van der Waals surface area contributed by atoms with Gasteiger partial charge < -0.3 is 5.32 Å². The van der Waals surface area contributed by atoms with Crippen LogP contribution in [0.15, 0.2) is 66.9 Å². The van der Waals surface area contributed by atoms with Gasteiger partial charge in [-0.3, -0.25) is 4.79 Å². The summed E-state index contributed by atoms with van der Waals surface area (Å²) in [5, 5.41) is 7.55. The summed E-state index contributed by atoms with van der Waals surface area (Å²) in [4.78, 5) is 12.1. The number of carbonyl (C=O) groups is 1. The van der Waals surface area contributed by atoms with Crippen molar-refractivity contribution in [2.24, 2.45) is 0 Å². The molecule has 1 amide bonds. The number of hydrogen-bond donors (Lipinski definition) is 1. The van der Waals surface area contributed by atoms with E-state index in [2.05, 4.69) is 17.3 Å².